The monoisotopic (exact) mass is 596 g/mol. The largest absolute Gasteiger partial charge is 0.507 e. The second kappa shape index (κ2) is 11.1. The van der Waals surface area contributed by atoms with Crippen molar-refractivity contribution in [3.63, 3.8) is 0 Å². The minimum Gasteiger partial charge on any atom is -0.507 e. The van der Waals surface area contributed by atoms with Crippen molar-refractivity contribution in [2.24, 2.45) is 29.4 Å². The van der Waals surface area contributed by atoms with Gasteiger partial charge in [-0.1, -0.05) is 54.1 Å². The number of aromatic hydroxyl groups is 1. The number of carbonyl (C=O) groups excluding carboxylic acids is 5. The van der Waals surface area contributed by atoms with Gasteiger partial charge in [-0.25, -0.2) is 0 Å². The molecule has 0 heterocycles. The van der Waals surface area contributed by atoms with Crippen LogP contribution in [0.15, 0.2) is 60.2 Å². The van der Waals surface area contributed by atoms with E-state index >= 15 is 0 Å². The van der Waals surface area contributed by atoms with Crippen LogP contribution < -0.4 is 5.73 Å². The van der Waals surface area contributed by atoms with Crippen LogP contribution in [-0.2, 0) is 32.0 Å². The van der Waals surface area contributed by atoms with E-state index in [0.29, 0.717) is 12.0 Å². The highest BCUT2D eigenvalue weighted by molar-refractivity contribution is 6.32. The van der Waals surface area contributed by atoms with E-state index in [1.54, 1.807) is 20.2 Å². The number of hydrogen-bond acceptors (Lipinski definition) is 8. The molecule has 0 spiro atoms. The van der Waals surface area contributed by atoms with Crippen LogP contribution in [0.25, 0.3) is 5.57 Å². The molecule has 1 amide bonds. The van der Waals surface area contributed by atoms with Gasteiger partial charge < -0.3 is 15.9 Å². The number of phenols is 1. The van der Waals surface area contributed by atoms with Crippen molar-refractivity contribution in [1.82, 2.24) is 4.90 Å². The van der Waals surface area contributed by atoms with Gasteiger partial charge in [-0.3, -0.25) is 28.9 Å². The van der Waals surface area contributed by atoms with Gasteiger partial charge in [-0.15, -0.1) is 0 Å². The summed E-state index contributed by atoms with van der Waals surface area (Å²) in [5.74, 6) is -10.4. The molecule has 0 bridgehead atoms. The third-order valence-electron chi connectivity index (χ3n) is 10.0. The van der Waals surface area contributed by atoms with Crippen molar-refractivity contribution in [2.75, 3.05) is 14.1 Å². The van der Waals surface area contributed by atoms with Crippen LogP contribution in [0.2, 0.25) is 0 Å². The Morgan fingerprint density at radius 3 is 2.41 bits per heavy atom. The maximum absolute atomic E-state index is 14.0. The second-order valence-electron chi connectivity index (χ2n) is 12.8. The number of hydrogen-bond donors (Lipinski definition) is 3. The number of nitrogens with two attached hydrogens (primary N) is 1. The van der Waals surface area contributed by atoms with Crippen LogP contribution in [0, 0.1) is 23.7 Å². The number of ketones is 4. The van der Waals surface area contributed by atoms with Gasteiger partial charge in [0, 0.05) is 5.92 Å². The zero-order valence-corrected chi connectivity index (χ0v) is 24.8. The van der Waals surface area contributed by atoms with Crippen LogP contribution >= 0.6 is 0 Å². The Hall–Kier alpha value is -4.21. The third-order valence-corrected chi connectivity index (χ3v) is 10.0. The Kier molecular flexibility index (Phi) is 7.50. The molecule has 228 valence electrons. The molecule has 9 nitrogen and oxygen atoms in total. The first-order valence-electron chi connectivity index (χ1n) is 15.1. The molecular weight excluding hydrogens is 560 g/mol. The first-order valence-corrected chi connectivity index (χ1v) is 15.1. The molecule has 2 saturated carbocycles. The topological polar surface area (TPSA) is 155 Å². The lowest BCUT2D eigenvalue weighted by Gasteiger charge is -2.52. The standard InChI is InChI=1S/C35H36N2O7/c1-37(2)29-24-17-21-16-23-22(20-12-11-19(15-20)10-6-9-18-7-4-3-5-8-18)13-14-25(38)27(23)30(39)26(21)32(41)35(24,44)33(42)28(31(29)40)34(36)43/h3-5,7-8,11-14,21,24,26,28-29,38,44H,6,9-10,15-17H2,1-2H3,(H2,36,43)/t21-,24-,26?,28?,29?,35-/m1/s1. The lowest BCUT2D eigenvalue weighted by atomic mass is 9.52. The quantitative estimate of drug-likeness (QED) is 0.412. The highest BCUT2D eigenvalue weighted by atomic mass is 16.3. The Balaban J connectivity index is 1.29. The van der Waals surface area contributed by atoms with Crippen LogP contribution in [0.5, 0.6) is 5.75 Å². The molecule has 3 unspecified atom stereocenters. The normalized spacial score (nSPS) is 29.6. The molecule has 2 aromatic rings. The summed E-state index contributed by atoms with van der Waals surface area (Å²) in [6.07, 6.45) is 8.02. The Morgan fingerprint density at radius 1 is 1.00 bits per heavy atom. The number of phenolic OH excluding ortho intramolecular Hbond substituents is 1. The number of aryl methyl sites for hydroxylation is 1. The Labute approximate surface area is 255 Å². The minimum absolute atomic E-state index is 0.0209. The molecule has 2 fully saturated rings. The minimum atomic E-state index is -2.73. The van der Waals surface area contributed by atoms with E-state index in [1.807, 2.05) is 24.3 Å². The summed E-state index contributed by atoms with van der Waals surface area (Å²) in [6.45, 7) is 0. The summed E-state index contributed by atoms with van der Waals surface area (Å²) >= 11 is 0. The lowest BCUT2D eigenvalue weighted by Crippen LogP contribution is -2.74. The summed E-state index contributed by atoms with van der Waals surface area (Å²) in [5, 5.41) is 22.6. The van der Waals surface area contributed by atoms with E-state index < -0.39 is 64.4 Å². The van der Waals surface area contributed by atoms with E-state index in [-0.39, 0.29) is 24.2 Å². The number of Topliss-reactive ketones (excluding diaryl/α,β-unsaturated/α-hetero) is 4. The molecule has 9 heteroatoms. The van der Waals surface area contributed by atoms with Crippen molar-refractivity contribution in [3.05, 3.63) is 82.4 Å². The third kappa shape index (κ3) is 4.57. The van der Waals surface area contributed by atoms with Gasteiger partial charge in [0.15, 0.2) is 34.7 Å². The van der Waals surface area contributed by atoms with Crippen LogP contribution in [0.3, 0.4) is 0 Å². The van der Waals surface area contributed by atoms with Gasteiger partial charge >= 0.3 is 0 Å². The van der Waals surface area contributed by atoms with E-state index in [2.05, 4.69) is 18.2 Å². The summed E-state index contributed by atoms with van der Waals surface area (Å²) < 4.78 is 0. The van der Waals surface area contributed by atoms with Crippen molar-refractivity contribution in [2.45, 2.75) is 50.2 Å². The number of primary amides is 1. The predicted molar refractivity (Wildman–Crippen MR) is 161 cm³/mol. The maximum Gasteiger partial charge on any atom is 0.235 e. The molecule has 0 aromatic heterocycles. The molecule has 4 aliphatic carbocycles. The fraction of sp³-hybridized carbons (Fsp3) is 0.400. The van der Waals surface area contributed by atoms with Gasteiger partial charge in [-0.2, -0.15) is 0 Å². The molecule has 0 aliphatic heterocycles. The summed E-state index contributed by atoms with van der Waals surface area (Å²) in [4.78, 5) is 68.4. The molecule has 0 saturated heterocycles. The van der Waals surface area contributed by atoms with Gasteiger partial charge in [0.1, 0.15) is 5.75 Å². The smallest absolute Gasteiger partial charge is 0.235 e. The predicted octanol–water partition coefficient (Wildman–Crippen LogP) is 2.60. The lowest BCUT2D eigenvalue weighted by molar-refractivity contribution is -0.181. The van der Waals surface area contributed by atoms with Crippen LogP contribution in [0.4, 0.5) is 0 Å². The number of benzene rings is 2. The molecule has 2 aromatic carbocycles. The number of aliphatic hydroxyl groups is 1. The number of likely N-dealkylation sites (N-methyl/N-ethyl adjacent to an activating group) is 1. The first kappa shape index (κ1) is 29.8. The number of fused-ring (bicyclic) bond motifs is 3. The number of amides is 1. The highest BCUT2D eigenvalue weighted by Gasteiger charge is 2.69. The zero-order valence-electron chi connectivity index (χ0n) is 24.8. The number of rotatable bonds is 7. The fourth-order valence-electron chi connectivity index (χ4n) is 8.01. The summed E-state index contributed by atoms with van der Waals surface area (Å²) in [7, 11) is 3.14. The van der Waals surface area contributed by atoms with Crippen molar-refractivity contribution >= 4 is 34.6 Å². The number of allylic oxidation sites excluding steroid dienone is 4. The van der Waals surface area contributed by atoms with Gasteiger partial charge in [0.25, 0.3) is 0 Å². The second-order valence-corrected chi connectivity index (χ2v) is 12.8. The fourth-order valence-corrected chi connectivity index (χ4v) is 8.01. The molecule has 4 aliphatic rings. The van der Waals surface area contributed by atoms with E-state index in [4.69, 9.17) is 5.73 Å². The Bertz CT molecular complexity index is 1660. The SMILES string of the molecule is CN(C)C1C(=O)C(C(N)=O)C(=O)[C@]2(O)C(=O)C3C(=O)c4c(O)ccc(C5=CC=C(CCCc6ccccc6)C5)c4C[C@@H]3C[C@H]12. The number of carbonyl (C=O) groups is 5. The first-order chi connectivity index (χ1) is 20.9. The molecule has 6 atom stereocenters. The molecule has 0 radical (unpaired) electrons. The molecule has 4 N–H and O–H groups in total. The summed E-state index contributed by atoms with van der Waals surface area (Å²) in [6, 6.07) is 12.4. The number of nitrogens with zero attached hydrogens (tertiary/aromatic N) is 1. The molecule has 6 rings (SSSR count). The van der Waals surface area contributed by atoms with E-state index in [1.165, 1.54) is 22.1 Å². The average Bonchev–Trinajstić information content (AvgIpc) is 3.44. The van der Waals surface area contributed by atoms with Crippen molar-refractivity contribution < 1.29 is 34.2 Å². The van der Waals surface area contributed by atoms with Gasteiger partial charge in [-0.05, 0) is 86.9 Å². The van der Waals surface area contributed by atoms with Gasteiger partial charge in [0.2, 0.25) is 5.91 Å². The average molecular weight is 597 g/mol. The van der Waals surface area contributed by atoms with Crippen molar-refractivity contribution in [1.29, 1.82) is 0 Å². The van der Waals surface area contributed by atoms with Gasteiger partial charge in [0.05, 0.1) is 17.5 Å². The Morgan fingerprint density at radius 2 is 1.73 bits per heavy atom. The van der Waals surface area contributed by atoms with Crippen LogP contribution in [-0.4, -0.2) is 69.9 Å². The molecule has 44 heavy (non-hydrogen) atoms. The highest BCUT2D eigenvalue weighted by Crippen LogP contribution is 2.51. The van der Waals surface area contributed by atoms with E-state index in [9.17, 15) is 34.2 Å². The molecular formula is C35H36N2O7. The maximum atomic E-state index is 14.0. The summed E-state index contributed by atoms with van der Waals surface area (Å²) in [5.41, 5.74) is 7.71. The van der Waals surface area contributed by atoms with E-state index in [0.717, 1.165) is 30.4 Å². The van der Waals surface area contributed by atoms with Crippen LogP contribution in [0.1, 0.15) is 52.7 Å². The zero-order chi connectivity index (χ0) is 31.5. The van der Waals surface area contributed by atoms with Crippen molar-refractivity contribution in [3.8, 4) is 5.75 Å².